The zero-order valence-corrected chi connectivity index (χ0v) is 5.42. The third kappa shape index (κ3) is 3.97. The molecule has 0 saturated carbocycles. The minimum atomic E-state index is -1.15. The molecule has 0 bridgehead atoms. The molecule has 0 spiro atoms. The summed E-state index contributed by atoms with van der Waals surface area (Å²) in [5.41, 5.74) is -1.15. The molecule has 1 atom stereocenters. The summed E-state index contributed by atoms with van der Waals surface area (Å²) in [7, 11) is 0. The summed E-state index contributed by atoms with van der Waals surface area (Å²) in [6.45, 7) is 4.85. The number of hydrogen-bond donors (Lipinski definition) is 2. The molecule has 0 amide bonds. The Morgan fingerprint density at radius 3 is 2.33 bits per heavy atom. The number of carboxylic acids is 1. The van der Waals surface area contributed by atoms with Crippen molar-refractivity contribution in [1.29, 1.82) is 0 Å². The summed E-state index contributed by atoms with van der Waals surface area (Å²) in [6.07, 6.45) is -0.0181. The van der Waals surface area contributed by atoms with Crippen LogP contribution in [0.3, 0.4) is 0 Å². The molecule has 0 aromatic rings. The van der Waals surface area contributed by atoms with E-state index >= 15 is 0 Å². The van der Waals surface area contributed by atoms with Gasteiger partial charge in [0.2, 0.25) is 0 Å². The zero-order valence-electron chi connectivity index (χ0n) is 5.42. The van der Waals surface area contributed by atoms with Gasteiger partial charge < -0.3 is 10.2 Å². The highest BCUT2D eigenvalue weighted by Gasteiger charge is 2.20. The van der Waals surface area contributed by atoms with E-state index in [0.717, 1.165) is 0 Å². The van der Waals surface area contributed by atoms with Gasteiger partial charge in [0.25, 0.3) is 0 Å². The molecule has 0 rings (SSSR count). The van der Waals surface area contributed by atoms with Crippen molar-refractivity contribution in [3.8, 4) is 0 Å². The van der Waals surface area contributed by atoms with Gasteiger partial charge in [0.1, 0.15) is 0 Å². The quantitative estimate of drug-likeness (QED) is 0.584. The molecule has 0 aromatic heterocycles. The third-order valence-corrected chi connectivity index (χ3v) is 1.07. The van der Waals surface area contributed by atoms with Crippen molar-refractivity contribution in [3.05, 3.63) is 6.92 Å². The van der Waals surface area contributed by atoms with Crippen molar-refractivity contribution in [2.45, 2.75) is 25.4 Å². The summed E-state index contributed by atoms with van der Waals surface area (Å²) < 4.78 is 0. The Balaban J connectivity index is 3.71. The monoisotopic (exact) mass is 131 g/mol. The number of rotatable bonds is 3. The van der Waals surface area contributed by atoms with Crippen LogP contribution in [0.15, 0.2) is 0 Å². The molecule has 0 saturated heterocycles. The van der Waals surface area contributed by atoms with Gasteiger partial charge in [-0.15, -0.1) is 0 Å². The third-order valence-electron chi connectivity index (χ3n) is 1.07. The minimum absolute atomic E-state index is 0.222. The van der Waals surface area contributed by atoms with Crippen molar-refractivity contribution >= 4 is 5.97 Å². The molecule has 9 heavy (non-hydrogen) atoms. The second-order valence-electron chi connectivity index (χ2n) is 2.32. The first-order valence-corrected chi connectivity index (χ1v) is 2.71. The summed E-state index contributed by atoms with van der Waals surface area (Å²) >= 11 is 0. The molecule has 0 aromatic carbocycles. The maximum Gasteiger partial charge on any atom is 0.306 e. The Labute approximate surface area is 54.3 Å². The fourth-order valence-electron chi connectivity index (χ4n) is 0.414. The molecule has 0 aliphatic carbocycles. The molecule has 3 heteroatoms. The number of aliphatic carboxylic acids is 1. The van der Waals surface area contributed by atoms with Crippen molar-refractivity contribution in [1.82, 2.24) is 0 Å². The van der Waals surface area contributed by atoms with E-state index in [1.807, 2.05) is 0 Å². The molecule has 0 aliphatic rings. The van der Waals surface area contributed by atoms with E-state index in [1.165, 1.54) is 6.92 Å². The zero-order chi connectivity index (χ0) is 7.49. The predicted molar refractivity (Wildman–Crippen MR) is 32.9 cm³/mol. The summed E-state index contributed by atoms with van der Waals surface area (Å²) in [6, 6.07) is 0. The van der Waals surface area contributed by atoms with Gasteiger partial charge in [0.05, 0.1) is 12.0 Å². The van der Waals surface area contributed by atoms with E-state index < -0.39 is 11.6 Å². The number of aliphatic hydroxyl groups is 1. The Hall–Kier alpha value is -0.570. The van der Waals surface area contributed by atoms with E-state index in [1.54, 1.807) is 0 Å². The molecule has 53 valence electrons. The number of hydrogen-bond acceptors (Lipinski definition) is 2. The van der Waals surface area contributed by atoms with Crippen LogP contribution in [0.4, 0.5) is 0 Å². The van der Waals surface area contributed by atoms with Crippen molar-refractivity contribution in [3.63, 3.8) is 0 Å². The van der Waals surface area contributed by atoms with Crippen LogP contribution in [0.1, 0.15) is 19.8 Å². The molecule has 1 unspecified atom stereocenters. The van der Waals surface area contributed by atoms with E-state index in [9.17, 15) is 4.79 Å². The fraction of sp³-hybridized carbons (Fsp3) is 0.667. The van der Waals surface area contributed by atoms with Crippen LogP contribution in [0.25, 0.3) is 0 Å². The van der Waals surface area contributed by atoms with Gasteiger partial charge in [0, 0.05) is 0 Å². The lowest BCUT2D eigenvalue weighted by molar-refractivity contribution is -0.141. The highest BCUT2D eigenvalue weighted by molar-refractivity contribution is 5.67. The van der Waals surface area contributed by atoms with Gasteiger partial charge in [-0.3, -0.25) is 4.79 Å². The first-order valence-electron chi connectivity index (χ1n) is 2.71. The highest BCUT2D eigenvalue weighted by atomic mass is 16.4. The van der Waals surface area contributed by atoms with Crippen LogP contribution in [-0.4, -0.2) is 21.8 Å². The average molecular weight is 131 g/mol. The van der Waals surface area contributed by atoms with Gasteiger partial charge >= 0.3 is 5.97 Å². The molecule has 0 aliphatic heterocycles. The normalized spacial score (nSPS) is 16.8. The largest absolute Gasteiger partial charge is 0.481 e. The Morgan fingerprint density at radius 1 is 1.78 bits per heavy atom. The second-order valence-corrected chi connectivity index (χ2v) is 2.32. The predicted octanol–water partition coefficient (Wildman–Crippen LogP) is 0.436. The molecule has 3 nitrogen and oxygen atoms in total. The lowest BCUT2D eigenvalue weighted by atomic mass is 10.00. The SMILES string of the molecule is [CH2]CC(C)(O)CC(=O)O. The molecule has 1 radical (unpaired) electrons. The lowest BCUT2D eigenvalue weighted by Gasteiger charge is -2.17. The smallest absolute Gasteiger partial charge is 0.306 e. The first kappa shape index (κ1) is 8.43. The highest BCUT2D eigenvalue weighted by Crippen LogP contribution is 2.12. The Kier molecular flexibility index (Phi) is 2.65. The van der Waals surface area contributed by atoms with Crippen LogP contribution < -0.4 is 0 Å². The molecule has 0 fully saturated rings. The fourth-order valence-corrected chi connectivity index (χ4v) is 0.414. The van der Waals surface area contributed by atoms with Crippen LogP contribution in [-0.2, 0) is 4.79 Å². The number of carbonyl (C=O) groups is 1. The van der Waals surface area contributed by atoms with Gasteiger partial charge in [-0.2, -0.15) is 0 Å². The average Bonchev–Trinajstić information content (AvgIpc) is 1.63. The van der Waals surface area contributed by atoms with Crippen LogP contribution >= 0.6 is 0 Å². The van der Waals surface area contributed by atoms with E-state index in [4.69, 9.17) is 10.2 Å². The second kappa shape index (κ2) is 2.82. The van der Waals surface area contributed by atoms with E-state index in [0.29, 0.717) is 0 Å². The summed E-state index contributed by atoms with van der Waals surface area (Å²) in [4.78, 5) is 9.99. The molecular weight excluding hydrogens is 120 g/mol. The lowest BCUT2D eigenvalue weighted by Crippen LogP contribution is -2.26. The Bertz CT molecular complexity index is 107. The maximum atomic E-state index is 9.99. The van der Waals surface area contributed by atoms with Gasteiger partial charge in [-0.25, -0.2) is 0 Å². The van der Waals surface area contributed by atoms with Gasteiger partial charge in [0.15, 0.2) is 0 Å². The molecule has 0 heterocycles. The topological polar surface area (TPSA) is 57.5 Å². The summed E-state index contributed by atoms with van der Waals surface area (Å²) in [5, 5.41) is 17.2. The standard InChI is InChI=1S/C6H11O3/c1-3-6(2,9)4-5(7)8/h9H,1,3-4H2,2H3,(H,7,8). The molecule has 2 N–H and O–H groups in total. The van der Waals surface area contributed by atoms with E-state index in [-0.39, 0.29) is 12.8 Å². The van der Waals surface area contributed by atoms with Crippen LogP contribution in [0.5, 0.6) is 0 Å². The maximum absolute atomic E-state index is 9.99. The van der Waals surface area contributed by atoms with E-state index in [2.05, 4.69) is 6.92 Å². The summed E-state index contributed by atoms with van der Waals surface area (Å²) in [5.74, 6) is -0.997. The minimum Gasteiger partial charge on any atom is -0.481 e. The molecular formula is C6H11O3. The van der Waals surface area contributed by atoms with Crippen LogP contribution in [0, 0.1) is 6.92 Å². The number of carboxylic acid groups (broad SMARTS) is 1. The first-order chi connectivity index (χ1) is 3.98. The van der Waals surface area contributed by atoms with Crippen molar-refractivity contribution < 1.29 is 15.0 Å². The van der Waals surface area contributed by atoms with Crippen LogP contribution in [0.2, 0.25) is 0 Å². The van der Waals surface area contributed by atoms with Crippen molar-refractivity contribution in [2.75, 3.05) is 0 Å². The van der Waals surface area contributed by atoms with Gasteiger partial charge in [-0.1, -0.05) is 6.92 Å². The van der Waals surface area contributed by atoms with Gasteiger partial charge in [-0.05, 0) is 13.3 Å². The van der Waals surface area contributed by atoms with Crippen molar-refractivity contribution in [2.24, 2.45) is 0 Å². The Morgan fingerprint density at radius 2 is 2.22 bits per heavy atom.